The normalized spacial score (nSPS) is 14.0. The summed E-state index contributed by atoms with van der Waals surface area (Å²) in [5.41, 5.74) is -0.125. The molecule has 136 valence electrons. The lowest BCUT2D eigenvalue weighted by molar-refractivity contribution is -0.138. The molecule has 1 saturated carbocycles. The van der Waals surface area contributed by atoms with E-state index in [0.29, 0.717) is 0 Å². The number of carbonyl (C=O) groups is 2. The first-order valence-electron chi connectivity index (χ1n) is 8.20. The van der Waals surface area contributed by atoms with Crippen molar-refractivity contribution in [2.24, 2.45) is 0 Å². The molecule has 0 radical (unpaired) electrons. The van der Waals surface area contributed by atoms with Crippen LogP contribution in [-0.4, -0.2) is 38.1 Å². The van der Waals surface area contributed by atoms with E-state index in [-0.39, 0.29) is 41.9 Å². The third-order valence-corrected chi connectivity index (χ3v) is 3.58. The number of methoxy groups -OCH3 is 1. The van der Waals surface area contributed by atoms with Crippen molar-refractivity contribution >= 4 is 11.8 Å². The predicted octanol–water partition coefficient (Wildman–Crippen LogP) is 2.61. The van der Waals surface area contributed by atoms with Crippen LogP contribution in [0.3, 0.4) is 0 Å². The molecule has 0 amide bonds. The van der Waals surface area contributed by atoms with Crippen molar-refractivity contribution in [2.45, 2.75) is 32.7 Å². The fourth-order valence-electron chi connectivity index (χ4n) is 2.22. The van der Waals surface area contributed by atoms with Crippen LogP contribution < -0.4 is 14.8 Å². The minimum absolute atomic E-state index is 0.0309. The van der Waals surface area contributed by atoms with Gasteiger partial charge in [0.2, 0.25) is 5.78 Å². The highest BCUT2D eigenvalue weighted by Gasteiger charge is 2.28. The Balaban J connectivity index is 2.43. The van der Waals surface area contributed by atoms with E-state index in [0.717, 1.165) is 18.9 Å². The molecule has 0 unspecified atom stereocenters. The molecule has 2 rings (SSSR count). The summed E-state index contributed by atoms with van der Waals surface area (Å²) in [5, 5.41) is 3.01. The van der Waals surface area contributed by atoms with Gasteiger partial charge < -0.3 is 19.5 Å². The number of rotatable bonds is 9. The number of ketones is 1. The van der Waals surface area contributed by atoms with Gasteiger partial charge >= 0.3 is 5.97 Å². The summed E-state index contributed by atoms with van der Waals surface area (Å²) >= 11 is 0. The smallest absolute Gasteiger partial charge is 0.343 e. The first kappa shape index (κ1) is 18.8. The first-order valence-corrected chi connectivity index (χ1v) is 8.20. The molecule has 1 N–H and O–H groups in total. The minimum Gasteiger partial charge on any atom is -0.490 e. The van der Waals surface area contributed by atoms with Crippen LogP contribution in [0.25, 0.3) is 0 Å². The van der Waals surface area contributed by atoms with Gasteiger partial charge in [0.05, 0.1) is 25.9 Å². The van der Waals surface area contributed by atoms with E-state index in [4.69, 9.17) is 14.2 Å². The highest BCUT2D eigenvalue weighted by atomic mass is 19.1. The van der Waals surface area contributed by atoms with Gasteiger partial charge in [0.25, 0.3) is 0 Å². The van der Waals surface area contributed by atoms with E-state index in [1.54, 1.807) is 13.8 Å². The molecule has 6 nitrogen and oxygen atoms in total. The highest BCUT2D eigenvalue weighted by molar-refractivity contribution is 6.25. The molecule has 0 aliphatic heterocycles. The Kier molecular flexibility index (Phi) is 6.38. The van der Waals surface area contributed by atoms with E-state index in [2.05, 4.69) is 5.32 Å². The van der Waals surface area contributed by atoms with Crippen molar-refractivity contribution in [2.75, 3.05) is 20.3 Å². The van der Waals surface area contributed by atoms with Gasteiger partial charge in [-0.15, -0.1) is 0 Å². The molecule has 1 aliphatic rings. The number of hydrogen-bond donors (Lipinski definition) is 1. The lowest BCUT2D eigenvalue weighted by Gasteiger charge is -2.15. The van der Waals surface area contributed by atoms with Crippen LogP contribution in [-0.2, 0) is 9.53 Å². The van der Waals surface area contributed by atoms with Crippen LogP contribution in [0, 0.1) is 5.82 Å². The maximum absolute atomic E-state index is 13.9. The van der Waals surface area contributed by atoms with E-state index in [1.807, 2.05) is 0 Å². The first-order chi connectivity index (χ1) is 12.0. The summed E-state index contributed by atoms with van der Waals surface area (Å²) in [6, 6.07) is 2.63. The third kappa shape index (κ3) is 4.49. The largest absolute Gasteiger partial charge is 0.490 e. The maximum atomic E-state index is 13.9. The van der Waals surface area contributed by atoms with Gasteiger partial charge in [0.15, 0.2) is 17.3 Å². The van der Waals surface area contributed by atoms with Crippen molar-refractivity contribution in [1.29, 1.82) is 0 Å². The average molecular weight is 351 g/mol. The summed E-state index contributed by atoms with van der Waals surface area (Å²) in [4.78, 5) is 25.1. The van der Waals surface area contributed by atoms with Crippen LogP contribution >= 0.6 is 0 Å². The minimum atomic E-state index is -0.744. The summed E-state index contributed by atoms with van der Waals surface area (Å²) in [5.74, 6) is -2.22. The third-order valence-electron chi connectivity index (χ3n) is 3.58. The fraction of sp³-hybridized carbons (Fsp3) is 0.444. The Morgan fingerprint density at radius 3 is 2.52 bits per heavy atom. The van der Waals surface area contributed by atoms with Gasteiger partial charge in [-0.25, -0.2) is 9.18 Å². The van der Waals surface area contributed by atoms with Crippen LogP contribution in [0.15, 0.2) is 23.9 Å². The molecular weight excluding hydrogens is 329 g/mol. The molecule has 1 aromatic carbocycles. The van der Waals surface area contributed by atoms with Gasteiger partial charge in [-0.05, 0) is 38.8 Å². The van der Waals surface area contributed by atoms with Crippen LogP contribution in [0.4, 0.5) is 4.39 Å². The predicted molar refractivity (Wildman–Crippen MR) is 89.3 cm³/mol. The van der Waals surface area contributed by atoms with Crippen LogP contribution in [0.2, 0.25) is 0 Å². The number of carbonyl (C=O) groups excluding carboxylic acids is 2. The summed E-state index contributed by atoms with van der Waals surface area (Å²) in [6.45, 7) is 3.70. The van der Waals surface area contributed by atoms with Crippen molar-refractivity contribution in [1.82, 2.24) is 5.32 Å². The molecule has 7 heteroatoms. The second-order valence-corrected chi connectivity index (χ2v) is 5.44. The van der Waals surface area contributed by atoms with E-state index < -0.39 is 17.6 Å². The topological polar surface area (TPSA) is 73.9 Å². The molecule has 0 saturated heterocycles. The SMILES string of the molecule is CCOC(=O)/C(=C/NC1CC1)C(=O)c1ccc(F)c(OC)c1OCC. The molecule has 0 atom stereocenters. The Morgan fingerprint density at radius 1 is 1.24 bits per heavy atom. The molecule has 0 bridgehead atoms. The van der Waals surface area contributed by atoms with Crippen LogP contribution in [0.1, 0.15) is 37.0 Å². The van der Waals surface area contributed by atoms with Gasteiger partial charge in [0.1, 0.15) is 5.57 Å². The number of ether oxygens (including phenoxy) is 3. The zero-order chi connectivity index (χ0) is 18.4. The van der Waals surface area contributed by atoms with E-state index in [1.165, 1.54) is 19.4 Å². The molecule has 1 aromatic rings. The Bertz CT molecular complexity index is 682. The molecule has 0 heterocycles. The molecule has 1 aliphatic carbocycles. The second kappa shape index (κ2) is 8.50. The van der Waals surface area contributed by atoms with Gasteiger partial charge in [-0.3, -0.25) is 4.79 Å². The average Bonchev–Trinajstić information content (AvgIpc) is 3.40. The summed E-state index contributed by atoms with van der Waals surface area (Å²) in [7, 11) is 1.28. The zero-order valence-corrected chi connectivity index (χ0v) is 14.6. The van der Waals surface area contributed by atoms with E-state index in [9.17, 15) is 14.0 Å². The van der Waals surface area contributed by atoms with Crippen molar-refractivity contribution in [3.8, 4) is 11.5 Å². The Labute approximate surface area is 145 Å². The van der Waals surface area contributed by atoms with Crippen LogP contribution in [0.5, 0.6) is 11.5 Å². The van der Waals surface area contributed by atoms with E-state index >= 15 is 0 Å². The highest BCUT2D eigenvalue weighted by Crippen LogP contribution is 2.35. The number of Topliss-reactive ketones (excluding diaryl/α,β-unsaturated/α-hetero) is 1. The molecular formula is C18H22FNO5. The zero-order valence-electron chi connectivity index (χ0n) is 14.6. The summed E-state index contributed by atoms with van der Waals surface area (Å²) < 4.78 is 29.3. The lowest BCUT2D eigenvalue weighted by Crippen LogP contribution is -2.21. The second-order valence-electron chi connectivity index (χ2n) is 5.44. The molecule has 0 aromatic heterocycles. The number of benzene rings is 1. The standard InChI is InChI=1S/C18H22FNO5/c1-4-24-16-12(8-9-14(19)17(16)23-3)15(21)13(18(22)25-5-2)10-20-11-6-7-11/h8-11,20H,4-7H2,1-3H3/b13-10+. The summed E-state index contributed by atoms with van der Waals surface area (Å²) in [6.07, 6.45) is 3.33. The monoisotopic (exact) mass is 351 g/mol. The Hall–Kier alpha value is -2.57. The lowest BCUT2D eigenvalue weighted by atomic mass is 10.0. The quantitative estimate of drug-likeness (QED) is 0.242. The Morgan fingerprint density at radius 2 is 1.96 bits per heavy atom. The van der Waals surface area contributed by atoms with Gasteiger partial charge in [-0.2, -0.15) is 0 Å². The maximum Gasteiger partial charge on any atom is 0.343 e. The van der Waals surface area contributed by atoms with Gasteiger partial charge in [-0.1, -0.05) is 0 Å². The van der Waals surface area contributed by atoms with Gasteiger partial charge in [0, 0.05) is 12.2 Å². The van der Waals surface area contributed by atoms with Crippen molar-refractivity contribution in [3.63, 3.8) is 0 Å². The molecule has 0 spiro atoms. The van der Waals surface area contributed by atoms with Crippen molar-refractivity contribution < 1.29 is 28.2 Å². The number of esters is 1. The molecule has 1 fully saturated rings. The number of halogens is 1. The number of hydrogen-bond acceptors (Lipinski definition) is 6. The number of nitrogens with one attached hydrogen (secondary N) is 1. The van der Waals surface area contributed by atoms with Crippen molar-refractivity contribution in [3.05, 3.63) is 35.3 Å². The molecule has 25 heavy (non-hydrogen) atoms. The fourth-order valence-corrected chi connectivity index (χ4v) is 2.22.